The van der Waals surface area contributed by atoms with Crippen LogP contribution in [0.5, 0.6) is 0 Å². The van der Waals surface area contributed by atoms with E-state index in [-0.39, 0.29) is 0 Å². The van der Waals surface area contributed by atoms with Crippen LogP contribution in [0.3, 0.4) is 0 Å². The van der Waals surface area contributed by atoms with Crippen molar-refractivity contribution in [1.82, 2.24) is 4.98 Å². The molecule has 0 fully saturated rings. The number of hydrogen-bond acceptors (Lipinski definition) is 2. The number of nitrogens with zero attached hydrogens (tertiary/aromatic N) is 1. The number of thiazole rings is 1. The maximum absolute atomic E-state index is 4.72. The van der Waals surface area contributed by atoms with Crippen LogP contribution in [-0.4, -0.2) is 4.98 Å². The number of aromatic nitrogens is 1. The average Bonchev–Trinajstić information content (AvgIpc) is 2.61. The highest BCUT2D eigenvalue weighted by Gasteiger charge is 2.11. The Morgan fingerprint density at radius 3 is 2.75 bits per heavy atom. The lowest BCUT2D eigenvalue weighted by Gasteiger charge is -2.01. The lowest BCUT2D eigenvalue weighted by Crippen LogP contribution is -1.84. The number of rotatable bonds is 3. The maximum Gasteiger partial charge on any atom is 0.0935 e. The van der Waals surface area contributed by atoms with Gasteiger partial charge in [0.2, 0.25) is 0 Å². The van der Waals surface area contributed by atoms with Crippen LogP contribution in [0.2, 0.25) is 0 Å². The molecule has 0 spiro atoms. The maximum atomic E-state index is 4.72. The standard InChI is InChI=1S/C13H14BrNS/c1-3-6-12-15-13(9(2)16-12)10-7-4-5-8-11(10)14/h4-5,7-8H,3,6H2,1-2H3. The van der Waals surface area contributed by atoms with Crippen LogP contribution in [0.1, 0.15) is 23.2 Å². The van der Waals surface area contributed by atoms with Gasteiger partial charge < -0.3 is 0 Å². The van der Waals surface area contributed by atoms with Crippen molar-refractivity contribution in [2.75, 3.05) is 0 Å². The molecule has 0 saturated heterocycles. The van der Waals surface area contributed by atoms with E-state index in [0.29, 0.717) is 0 Å². The van der Waals surface area contributed by atoms with Crippen LogP contribution < -0.4 is 0 Å². The van der Waals surface area contributed by atoms with E-state index >= 15 is 0 Å². The third-order valence-corrected chi connectivity index (χ3v) is 4.16. The second-order valence-corrected chi connectivity index (χ2v) is 5.88. The van der Waals surface area contributed by atoms with Crippen molar-refractivity contribution >= 4 is 27.3 Å². The molecule has 0 bridgehead atoms. The van der Waals surface area contributed by atoms with E-state index in [2.05, 4.69) is 48.0 Å². The molecule has 1 aromatic heterocycles. The fraction of sp³-hybridized carbons (Fsp3) is 0.308. The molecule has 1 heterocycles. The molecule has 0 aliphatic carbocycles. The van der Waals surface area contributed by atoms with E-state index in [0.717, 1.165) is 23.0 Å². The van der Waals surface area contributed by atoms with Crippen LogP contribution >= 0.6 is 27.3 Å². The Bertz CT molecular complexity index is 490. The Morgan fingerprint density at radius 1 is 1.31 bits per heavy atom. The summed E-state index contributed by atoms with van der Waals surface area (Å²) in [6.07, 6.45) is 2.23. The van der Waals surface area contributed by atoms with Gasteiger partial charge in [0, 0.05) is 14.9 Å². The van der Waals surface area contributed by atoms with Crippen molar-refractivity contribution in [1.29, 1.82) is 0 Å². The van der Waals surface area contributed by atoms with Gasteiger partial charge in [0.1, 0.15) is 0 Å². The quantitative estimate of drug-likeness (QED) is 0.790. The van der Waals surface area contributed by atoms with Crippen molar-refractivity contribution < 1.29 is 0 Å². The van der Waals surface area contributed by atoms with Gasteiger partial charge in [-0.3, -0.25) is 0 Å². The first-order valence-electron chi connectivity index (χ1n) is 5.43. The zero-order valence-corrected chi connectivity index (χ0v) is 11.9. The van der Waals surface area contributed by atoms with Gasteiger partial charge in [-0.15, -0.1) is 11.3 Å². The van der Waals surface area contributed by atoms with Gasteiger partial charge in [-0.1, -0.05) is 41.1 Å². The highest BCUT2D eigenvalue weighted by molar-refractivity contribution is 9.10. The van der Waals surface area contributed by atoms with Gasteiger partial charge in [-0.2, -0.15) is 0 Å². The second-order valence-electron chi connectivity index (χ2n) is 3.74. The topological polar surface area (TPSA) is 12.9 Å². The van der Waals surface area contributed by atoms with Crippen molar-refractivity contribution in [2.45, 2.75) is 26.7 Å². The van der Waals surface area contributed by atoms with Crippen molar-refractivity contribution in [3.05, 3.63) is 38.6 Å². The summed E-state index contributed by atoms with van der Waals surface area (Å²) >= 11 is 5.39. The van der Waals surface area contributed by atoms with Gasteiger partial charge in [0.05, 0.1) is 10.7 Å². The summed E-state index contributed by atoms with van der Waals surface area (Å²) in [6, 6.07) is 8.26. The summed E-state index contributed by atoms with van der Waals surface area (Å²) in [7, 11) is 0. The minimum absolute atomic E-state index is 1.08. The Labute approximate surface area is 109 Å². The van der Waals surface area contributed by atoms with Gasteiger partial charge in [-0.25, -0.2) is 4.98 Å². The monoisotopic (exact) mass is 295 g/mol. The highest BCUT2D eigenvalue weighted by Crippen LogP contribution is 2.32. The van der Waals surface area contributed by atoms with Gasteiger partial charge in [0.25, 0.3) is 0 Å². The summed E-state index contributed by atoms with van der Waals surface area (Å²) in [5.41, 5.74) is 2.32. The van der Waals surface area contributed by atoms with E-state index in [4.69, 9.17) is 4.98 Å². The summed E-state index contributed by atoms with van der Waals surface area (Å²) < 4.78 is 1.12. The SMILES string of the molecule is CCCc1nc(-c2ccccc2Br)c(C)s1. The fourth-order valence-corrected chi connectivity index (χ4v) is 3.20. The number of halogens is 1. The minimum Gasteiger partial charge on any atom is -0.241 e. The zero-order valence-electron chi connectivity index (χ0n) is 9.46. The molecule has 0 amide bonds. The molecule has 84 valence electrons. The van der Waals surface area contributed by atoms with Crippen molar-refractivity contribution in [3.63, 3.8) is 0 Å². The Morgan fingerprint density at radius 2 is 2.06 bits per heavy atom. The molecular weight excluding hydrogens is 282 g/mol. The van der Waals surface area contributed by atoms with E-state index in [1.54, 1.807) is 0 Å². The zero-order chi connectivity index (χ0) is 11.5. The minimum atomic E-state index is 1.08. The summed E-state index contributed by atoms with van der Waals surface area (Å²) in [5, 5.41) is 1.24. The van der Waals surface area contributed by atoms with E-state index in [9.17, 15) is 0 Å². The van der Waals surface area contributed by atoms with Gasteiger partial charge >= 0.3 is 0 Å². The van der Waals surface area contributed by atoms with E-state index < -0.39 is 0 Å². The number of benzene rings is 1. The lowest BCUT2D eigenvalue weighted by atomic mass is 10.1. The molecular formula is C13H14BrNS. The van der Waals surface area contributed by atoms with Crippen molar-refractivity contribution in [2.24, 2.45) is 0 Å². The molecule has 0 unspecified atom stereocenters. The van der Waals surface area contributed by atoms with Crippen LogP contribution in [0.4, 0.5) is 0 Å². The molecule has 0 atom stereocenters. The third-order valence-electron chi connectivity index (χ3n) is 2.43. The van der Waals surface area contributed by atoms with Crippen LogP contribution in [0.15, 0.2) is 28.7 Å². The lowest BCUT2D eigenvalue weighted by molar-refractivity contribution is 0.910. The molecule has 3 heteroatoms. The average molecular weight is 296 g/mol. The molecule has 1 nitrogen and oxygen atoms in total. The molecule has 0 N–H and O–H groups in total. The summed E-state index contributed by atoms with van der Waals surface area (Å²) in [6.45, 7) is 4.33. The molecule has 2 rings (SSSR count). The Hall–Kier alpha value is -0.670. The number of hydrogen-bond donors (Lipinski definition) is 0. The largest absolute Gasteiger partial charge is 0.241 e. The molecule has 1 aromatic carbocycles. The predicted molar refractivity (Wildman–Crippen MR) is 74.0 cm³/mol. The molecule has 0 aliphatic rings. The highest BCUT2D eigenvalue weighted by atomic mass is 79.9. The van der Waals surface area contributed by atoms with Crippen LogP contribution in [0.25, 0.3) is 11.3 Å². The first kappa shape index (κ1) is 11.8. The Balaban J connectivity index is 2.44. The van der Waals surface area contributed by atoms with Crippen LogP contribution in [-0.2, 0) is 6.42 Å². The molecule has 0 aliphatic heterocycles. The summed E-state index contributed by atoms with van der Waals surface area (Å²) in [5.74, 6) is 0. The molecule has 0 saturated carbocycles. The second kappa shape index (κ2) is 5.11. The third kappa shape index (κ3) is 2.36. The smallest absolute Gasteiger partial charge is 0.0935 e. The first-order chi connectivity index (χ1) is 7.72. The van der Waals surface area contributed by atoms with Gasteiger partial charge in [0.15, 0.2) is 0 Å². The van der Waals surface area contributed by atoms with Gasteiger partial charge in [-0.05, 0) is 25.8 Å². The number of aryl methyl sites for hydroxylation is 2. The van der Waals surface area contributed by atoms with Crippen LogP contribution in [0, 0.1) is 6.92 Å². The summed E-state index contributed by atoms with van der Waals surface area (Å²) in [4.78, 5) is 6.02. The molecule has 16 heavy (non-hydrogen) atoms. The first-order valence-corrected chi connectivity index (χ1v) is 7.04. The fourth-order valence-electron chi connectivity index (χ4n) is 1.68. The predicted octanol–water partition coefficient (Wildman–Crippen LogP) is 4.83. The Kier molecular flexibility index (Phi) is 3.77. The van der Waals surface area contributed by atoms with E-state index in [1.807, 2.05) is 17.4 Å². The van der Waals surface area contributed by atoms with E-state index in [1.165, 1.54) is 15.4 Å². The molecule has 0 radical (unpaired) electrons. The normalized spacial score (nSPS) is 10.7. The molecule has 2 aromatic rings. The van der Waals surface area contributed by atoms with Crippen molar-refractivity contribution in [3.8, 4) is 11.3 Å².